The van der Waals surface area contributed by atoms with Gasteiger partial charge in [-0.25, -0.2) is 0 Å². The second-order valence-corrected chi connectivity index (χ2v) is 2.93. The molecule has 0 spiro atoms. The second-order valence-electron chi connectivity index (χ2n) is 2.04. The average molecular weight is 204 g/mol. The molecule has 1 rings (SSSR count). The van der Waals surface area contributed by atoms with Crippen molar-refractivity contribution in [3.63, 3.8) is 0 Å². The van der Waals surface area contributed by atoms with E-state index >= 15 is 0 Å². The van der Waals surface area contributed by atoms with Crippen LogP contribution in [0.5, 0.6) is 5.75 Å². The maximum Gasteiger partial charge on any atom is 0.115 e. The van der Waals surface area contributed by atoms with Crippen LogP contribution in [0.15, 0.2) is 24.3 Å². The Morgan fingerprint density at radius 3 is 1.69 bits per heavy atom. The lowest BCUT2D eigenvalue weighted by Crippen LogP contribution is -2.24. The SMILES string of the molecule is Nc1ccc(O)cc1.O=P([O-])([O-])[O-]. The van der Waals surface area contributed by atoms with Gasteiger partial charge in [0.05, 0.1) is 0 Å². The van der Waals surface area contributed by atoms with Crippen LogP contribution in [0, 0.1) is 0 Å². The van der Waals surface area contributed by atoms with Gasteiger partial charge < -0.3 is 30.1 Å². The molecule has 0 radical (unpaired) electrons. The average Bonchev–Trinajstić information content (AvgIpc) is 1.92. The van der Waals surface area contributed by atoms with Crippen molar-refractivity contribution in [2.24, 2.45) is 0 Å². The number of nitrogens with two attached hydrogens (primary N) is 1. The molecule has 74 valence electrons. The van der Waals surface area contributed by atoms with E-state index in [4.69, 9.17) is 30.1 Å². The smallest absolute Gasteiger partial charge is 0.115 e. The van der Waals surface area contributed by atoms with Crippen molar-refractivity contribution in [1.82, 2.24) is 0 Å². The number of aromatic hydroxyl groups is 1. The van der Waals surface area contributed by atoms with Crippen LogP contribution >= 0.6 is 7.82 Å². The van der Waals surface area contributed by atoms with Crippen LogP contribution < -0.4 is 20.4 Å². The molecule has 0 aromatic heterocycles. The van der Waals surface area contributed by atoms with E-state index in [-0.39, 0.29) is 5.75 Å². The summed E-state index contributed by atoms with van der Waals surface area (Å²) in [5.41, 5.74) is 5.98. The molecule has 0 fully saturated rings. The predicted octanol–water partition coefficient (Wildman–Crippen LogP) is -1.85. The van der Waals surface area contributed by atoms with E-state index in [2.05, 4.69) is 0 Å². The first kappa shape index (κ1) is 11.9. The standard InChI is InChI=1S/C6H7NO.H3O4P/c7-5-1-3-6(8)4-2-5;1-5(2,3)4/h1-4,8H,7H2;(H3,1,2,3,4)/p-3. The fraction of sp³-hybridized carbons (Fsp3) is 0. The van der Waals surface area contributed by atoms with Gasteiger partial charge in [-0.15, -0.1) is 0 Å². The van der Waals surface area contributed by atoms with Crippen molar-refractivity contribution >= 4 is 13.5 Å². The topological polar surface area (TPSA) is 132 Å². The molecule has 0 aliphatic heterocycles. The quantitative estimate of drug-likeness (QED) is 0.289. The lowest BCUT2D eigenvalue weighted by Gasteiger charge is -2.36. The van der Waals surface area contributed by atoms with Crippen LogP contribution in [0.3, 0.4) is 0 Å². The number of phenols is 1. The number of hydrogen-bond donors (Lipinski definition) is 2. The van der Waals surface area contributed by atoms with Crippen molar-refractivity contribution in [2.45, 2.75) is 0 Å². The highest BCUT2D eigenvalue weighted by Gasteiger charge is 1.82. The maximum atomic E-state index is 8.70. The highest BCUT2D eigenvalue weighted by atomic mass is 31.2. The number of rotatable bonds is 0. The Hall–Kier alpha value is -1.07. The van der Waals surface area contributed by atoms with E-state index in [9.17, 15) is 0 Å². The molecule has 1 aromatic rings. The molecule has 3 N–H and O–H groups in total. The first-order valence-corrected chi connectivity index (χ1v) is 4.52. The molecule has 1 aromatic carbocycles. The molecule has 0 amide bonds. The van der Waals surface area contributed by atoms with Gasteiger partial charge in [0.15, 0.2) is 0 Å². The molecule has 6 nitrogen and oxygen atoms in total. The Balaban J connectivity index is 0.000000252. The molecular weight excluding hydrogens is 197 g/mol. The zero-order chi connectivity index (χ0) is 10.5. The Bertz CT molecular complexity index is 263. The summed E-state index contributed by atoms with van der Waals surface area (Å²) in [6, 6.07) is 6.40. The third-order valence-corrected chi connectivity index (χ3v) is 0.893. The zero-order valence-electron chi connectivity index (χ0n) is 6.41. The van der Waals surface area contributed by atoms with Gasteiger partial charge in [-0.05, 0) is 24.3 Å². The molecule has 7 heteroatoms. The van der Waals surface area contributed by atoms with Crippen LogP contribution in [0.1, 0.15) is 0 Å². The van der Waals surface area contributed by atoms with Gasteiger partial charge in [0.2, 0.25) is 0 Å². The van der Waals surface area contributed by atoms with Crippen molar-refractivity contribution in [1.29, 1.82) is 0 Å². The van der Waals surface area contributed by atoms with E-state index < -0.39 is 7.82 Å². The third-order valence-electron chi connectivity index (χ3n) is 0.893. The third kappa shape index (κ3) is 10.9. The van der Waals surface area contributed by atoms with Crippen LogP contribution in [0.2, 0.25) is 0 Å². The number of phosphoric acid groups is 1. The minimum absolute atomic E-state index is 0.249. The fourth-order valence-corrected chi connectivity index (χ4v) is 0.474. The summed E-state index contributed by atoms with van der Waals surface area (Å²) in [6.07, 6.45) is 0. The Morgan fingerprint density at radius 1 is 1.15 bits per heavy atom. The van der Waals surface area contributed by atoms with Crippen LogP contribution in [-0.2, 0) is 4.57 Å². The number of anilines is 1. The summed E-state index contributed by atoms with van der Waals surface area (Å²) in [7, 11) is -5.39. The maximum absolute atomic E-state index is 8.70. The summed E-state index contributed by atoms with van der Waals surface area (Å²) < 4.78 is 8.55. The normalized spacial score (nSPS) is 10.1. The summed E-state index contributed by atoms with van der Waals surface area (Å²) >= 11 is 0. The molecule has 0 aliphatic carbocycles. The van der Waals surface area contributed by atoms with Crippen LogP contribution in [0.4, 0.5) is 5.69 Å². The fourth-order valence-electron chi connectivity index (χ4n) is 0.474. The van der Waals surface area contributed by atoms with Gasteiger partial charge in [0.25, 0.3) is 0 Å². The Labute approximate surface area is 74.5 Å². The van der Waals surface area contributed by atoms with Crippen LogP contribution in [0.25, 0.3) is 0 Å². The first-order valence-electron chi connectivity index (χ1n) is 3.06. The van der Waals surface area contributed by atoms with E-state index in [0.717, 1.165) is 0 Å². The highest BCUT2D eigenvalue weighted by molar-refractivity contribution is 7.40. The van der Waals surface area contributed by atoms with Gasteiger partial charge in [-0.3, -0.25) is 0 Å². The molecule has 0 unspecified atom stereocenters. The lowest BCUT2D eigenvalue weighted by molar-refractivity contribution is -0.432. The highest BCUT2D eigenvalue weighted by Crippen LogP contribution is 2.09. The second kappa shape index (κ2) is 4.84. The molecule has 13 heavy (non-hydrogen) atoms. The molecule has 0 aliphatic rings. The minimum atomic E-state index is -5.39. The minimum Gasteiger partial charge on any atom is -0.822 e. The molecular formula is C6H7NO5P-3. The van der Waals surface area contributed by atoms with Gasteiger partial charge in [-0.2, -0.15) is 7.82 Å². The van der Waals surface area contributed by atoms with E-state index in [1.807, 2.05) is 0 Å². The summed E-state index contributed by atoms with van der Waals surface area (Å²) in [6.45, 7) is 0. The number of benzene rings is 1. The zero-order valence-corrected chi connectivity index (χ0v) is 7.31. The first-order chi connectivity index (χ1) is 5.79. The Kier molecular flexibility index (Phi) is 4.44. The van der Waals surface area contributed by atoms with Crippen molar-refractivity contribution in [2.75, 3.05) is 5.73 Å². The summed E-state index contributed by atoms with van der Waals surface area (Å²) in [5, 5.41) is 8.70. The van der Waals surface area contributed by atoms with Crippen LogP contribution in [-0.4, -0.2) is 5.11 Å². The summed E-state index contributed by atoms with van der Waals surface area (Å²) in [4.78, 5) is 25.6. The molecule has 0 heterocycles. The van der Waals surface area contributed by atoms with Gasteiger partial charge in [0.1, 0.15) is 5.75 Å². The predicted molar refractivity (Wildman–Crippen MR) is 40.1 cm³/mol. The van der Waals surface area contributed by atoms with E-state index in [1.165, 1.54) is 0 Å². The van der Waals surface area contributed by atoms with Gasteiger partial charge in [-0.1, -0.05) is 0 Å². The lowest BCUT2D eigenvalue weighted by atomic mass is 10.3. The number of phenolic OH excluding ortho intramolecular Hbond substituents is 1. The van der Waals surface area contributed by atoms with Gasteiger partial charge in [0, 0.05) is 5.69 Å². The molecule has 0 atom stereocenters. The van der Waals surface area contributed by atoms with Crippen molar-refractivity contribution in [3.05, 3.63) is 24.3 Å². The number of nitrogen functional groups attached to an aromatic ring is 1. The largest absolute Gasteiger partial charge is 0.822 e. The van der Waals surface area contributed by atoms with Gasteiger partial charge >= 0.3 is 0 Å². The van der Waals surface area contributed by atoms with Crippen molar-refractivity contribution in [3.8, 4) is 5.75 Å². The van der Waals surface area contributed by atoms with Crippen molar-refractivity contribution < 1.29 is 24.4 Å². The number of hydrogen-bond acceptors (Lipinski definition) is 6. The Morgan fingerprint density at radius 2 is 1.46 bits per heavy atom. The molecule has 0 bridgehead atoms. The molecule has 0 saturated carbocycles. The summed E-state index contributed by atoms with van der Waals surface area (Å²) in [5.74, 6) is 0.249. The van der Waals surface area contributed by atoms with E-state index in [1.54, 1.807) is 24.3 Å². The van der Waals surface area contributed by atoms with E-state index in [0.29, 0.717) is 5.69 Å². The molecule has 0 saturated heterocycles. The monoisotopic (exact) mass is 204 g/mol.